The first-order chi connectivity index (χ1) is 17.4. The fourth-order valence-corrected chi connectivity index (χ4v) is 5.20. The summed E-state index contributed by atoms with van der Waals surface area (Å²) in [5, 5.41) is 23.9. The molecule has 4 atom stereocenters. The van der Waals surface area contributed by atoms with Crippen molar-refractivity contribution in [1.29, 1.82) is 0 Å². The summed E-state index contributed by atoms with van der Waals surface area (Å²) in [4.78, 5) is 28.8. The zero-order valence-corrected chi connectivity index (χ0v) is 22.5. The van der Waals surface area contributed by atoms with Crippen molar-refractivity contribution in [2.75, 3.05) is 6.73 Å². The Morgan fingerprint density at radius 3 is 2.46 bits per heavy atom. The smallest absolute Gasteiger partial charge is 0.264 e. The number of phenols is 1. The third-order valence-electron chi connectivity index (χ3n) is 7.90. The first-order valence-electron chi connectivity index (χ1n) is 12.9. The average molecular weight is 511 g/mol. The van der Waals surface area contributed by atoms with Crippen molar-refractivity contribution in [1.82, 2.24) is 10.2 Å². The summed E-state index contributed by atoms with van der Waals surface area (Å²) in [6.45, 7) is 11.0. The Labute approximate surface area is 218 Å². The quantitative estimate of drug-likeness (QED) is 0.551. The van der Waals surface area contributed by atoms with Gasteiger partial charge in [-0.1, -0.05) is 44.2 Å². The predicted molar refractivity (Wildman–Crippen MR) is 139 cm³/mol. The van der Waals surface area contributed by atoms with Crippen LogP contribution in [0.2, 0.25) is 0 Å². The molecule has 4 rings (SSSR count). The minimum absolute atomic E-state index is 0.0427. The number of nitrogens with zero attached hydrogens (tertiary/aromatic N) is 1. The van der Waals surface area contributed by atoms with Crippen LogP contribution in [0.15, 0.2) is 30.3 Å². The van der Waals surface area contributed by atoms with Gasteiger partial charge in [0.2, 0.25) is 5.91 Å². The van der Waals surface area contributed by atoms with Crippen molar-refractivity contribution >= 4 is 11.8 Å². The molecule has 0 radical (unpaired) electrons. The molecule has 0 saturated carbocycles. The third-order valence-corrected chi connectivity index (χ3v) is 7.90. The van der Waals surface area contributed by atoms with Gasteiger partial charge in [-0.15, -0.1) is 0 Å². The molecule has 2 amide bonds. The van der Waals surface area contributed by atoms with Gasteiger partial charge in [0.15, 0.2) is 11.9 Å². The van der Waals surface area contributed by atoms with Crippen LogP contribution in [0.4, 0.5) is 0 Å². The summed E-state index contributed by atoms with van der Waals surface area (Å²) in [6, 6.07) is 8.26. The molecule has 1 fully saturated rings. The van der Waals surface area contributed by atoms with Gasteiger partial charge in [-0.05, 0) is 68.7 Å². The number of aliphatic hydroxyl groups is 1. The van der Waals surface area contributed by atoms with Crippen LogP contribution in [0.5, 0.6) is 11.5 Å². The predicted octanol–water partition coefficient (Wildman–Crippen LogP) is 3.29. The minimum Gasteiger partial charge on any atom is -0.507 e. The molecule has 8 nitrogen and oxygen atoms in total. The Balaban J connectivity index is 1.53. The van der Waals surface area contributed by atoms with Crippen LogP contribution in [-0.2, 0) is 27.2 Å². The number of aromatic hydroxyl groups is 1. The molecular weight excluding hydrogens is 472 g/mol. The average Bonchev–Trinajstić information content (AvgIpc) is 3.24. The Morgan fingerprint density at radius 1 is 1.14 bits per heavy atom. The lowest BCUT2D eigenvalue weighted by Crippen LogP contribution is -2.59. The number of aliphatic hydroxyl groups excluding tert-OH is 1. The maximum atomic E-state index is 13.7. The molecule has 0 aliphatic carbocycles. The number of ether oxygens (including phenoxy) is 2. The number of phenolic OH excluding ortho intramolecular Hbond substituents is 1. The lowest BCUT2D eigenvalue weighted by atomic mass is 9.86. The molecular formula is C29H38N2O6. The van der Waals surface area contributed by atoms with Crippen LogP contribution >= 0.6 is 0 Å². The van der Waals surface area contributed by atoms with E-state index in [2.05, 4.69) is 5.32 Å². The van der Waals surface area contributed by atoms with Gasteiger partial charge in [0, 0.05) is 12.0 Å². The minimum atomic E-state index is -1.18. The lowest BCUT2D eigenvalue weighted by Gasteiger charge is -2.38. The maximum Gasteiger partial charge on any atom is 0.264 e. The summed E-state index contributed by atoms with van der Waals surface area (Å²) < 4.78 is 11.7. The van der Waals surface area contributed by atoms with Crippen molar-refractivity contribution in [3.63, 3.8) is 0 Å². The molecule has 200 valence electrons. The molecule has 2 aromatic rings. The van der Waals surface area contributed by atoms with E-state index in [1.165, 1.54) is 4.90 Å². The van der Waals surface area contributed by atoms with Crippen LogP contribution in [-0.4, -0.2) is 57.6 Å². The second kappa shape index (κ2) is 10.3. The van der Waals surface area contributed by atoms with Gasteiger partial charge in [-0.2, -0.15) is 0 Å². The third kappa shape index (κ3) is 5.05. The standard InChI is InChI=1S/C29H38N2O6/c1-16(2)23(26(33)31-15-36-27(34)22(31)14-20-10-8-7-9-11-20)30-28(35)29(6)13-12-21-19(5)24(32)17(3)18(4)25(21)37-29/h7-11,16,22-23,27,32,34H,12-15H2,1-6H3,(H,30,35). The van der Waals surface area contributed by atoms with Crippen LogP contribution in [0.3, 0.4) is 0 Å². The highest BCUT2D eigenvalue weighted by Gasteiger charge is 2.45. The molecule has 37 heavy (non-hydrogen) atoms. The molecule has 2 heterocycles. The number of carbonyl (C=O) groups excluding carboxylic acids is 2. The summed E-state index contributed by atoms with van der Waals surface area (Å²) in [6.07, 6.45) is 0.324. The first-order valence-corrected chi connectivity index (χ1v) is 12.9. The van der Waals surface area contributed by atoms with E-state index in [1.807, 2.05) is 65.0 Å². The van der Waals surface area contributed by atoms with Crippen molar-refractivity contribution in [3.05, 3.63) is 58.1 Å². The van der Waals surface area contributed by atoms with Gasteiger partial charge in [0.1, 0.15) is 24.3 Å². The van der Waals surface area contributed by atoms with E-state index in [0.717, 1.165) is 27.8 Å². The Hall–Kier alpha value is -3.10. The van der Waals surface area contributed by atoms with E-state index < -0.39 is 24.0 Å². The Bertz CT molecular complexity index is 1180. The monoisotopic (exact) mass is 510 g/mol. The molecule has 8 heteroatoms. The first kappa shape index (κ1) is 26.9. The molecule has 1 saturated heterocycles. The molecule has 0 aromatic heterocycles. The molecule has 0 spiro atoms. The number of carbonyl (C=O) groups is 2. The summed E-state index contributed by atoms with van der Waals surface area (Å²) in [7, 11) is 0. The molecule has 2 aliphatic heterocycles. The highest BCUT2D eigenvalue weighted by Crippen LogP contribution is 2.43. The number of benzene rings is 2. The Kier molecular flexibility index (Phi) is 7.53. The van der Waals surface area contributed by atoms with Crippen LogP contribution < -0.4 is 10.1 Å². The van der Waals surface area contributed by atoms with E-state index in [9.17, 15) is 19.8 Å². The second-order valence-corrected chi connectivity index (χ2v) is 10.8. The van der Waals surface area contributed by atoms with Crippen molar-refractivity contribution in [3.8, 4) is 11.5 Å². The fraction of sp³-hybridized carbons (Fsp3) is 0.517. The second-order valence-electron chi connectivity index (χ2n) is 10.8. The summed E-state index contributed by atoms with van der Waals surface area (Å²) >= 11 is 0. The number of hydrogen-bond donors (Lipinski definition) is 3. The highest BCUT2D eigenvalue weighted by atomic mass is 16.6. The van der Waals surface area contributed by atoms with Crippen molar-refractivity contribution in [2.45, 2.75) is 84.8 Å². The van der Waals surface area contributed by atoms with Gasteiger partial charge < -0.3 is 29.9 Å². The normalized spacial score (nSPS) is 23.9. The van der Waals surface area contributed by atoms with Gasteiger partial charge in [0.05, 0.1) is 6.04 Å². The van der Waals surface area contributed by atoms with Gasteiger partial charge in [-0.3, -0.25) is 9.59 Å². The van der Waals surface area contributed by atoms with Gasteiger partial charge in [0.25, 0.3) is 5.91 Å². The van der Waals surface area contributed by atoms with Gasteiger partial charge >= 0.3 is 0 Å². The number of rotatable bonds is 6. The zero-order chi connectivity index (χ0) is 27.1. The SMILES string of the molecule is Cc1c(C)c2c(c(C)c1O)CCC(C)(C(=O)NC(C(=O)N1COC(O)C1Cc1ccccc1)C(C)C)O2. The van der Waals surface area contributed by atoms with E-state index in [-0.39, 0.29) is 30.2 Å². The summed E-state index contributed by atoms with van der Waals surface area (Å²) in [5.41, 5.74) is 3.02. The van der Waals surface area contributed by atoms with Crippen molar-refractivity contribution < 1.29 is 29.3 Å². The van der Waals surface area contributed by atoms with E-state index in [0.29, 0.717) is 25.0 Å². The van der Waals surface area contributed by atoms with Crippen LogP contribution in [0.1, 0.15) is 55.0 Å². The number of amides is 2. The highest BCUT2D eigenvalue weighted by molar-refractivity contribution is 5.92. The molecule has 4 unspecified atom stereocenters. The molecule has 0 bridgehead atoms. The molecule has 3 N–H and O–H groups in total. The number of fused-ring (bicyclic) bond motifs is 1. The van der Waals surface area contributed by atoms with E-state index in [1.54, 1.807) is 6.92 Å². The van der Waals surface area contributed by atoms with E-state index >= 15 is 0 Å². The topological polar surface area (TPSA) is 108 Å². The summed E-state index contributed by atoms with van der Waals surface area (Å²) in [5.74, 6) is 0.0254. The molecule has 2 aromatic carbocycles. The van der Waals surface area contributed by atoms with Gasteiger partial charge in [-0.25, -0.2) is 0 Å². The van der Waals surface area contributed by atoms with E-state index in [4.69, 9.17) is 9.47 Å². The maximum absolute atomic E-state index is 13.7. The van der Waals surface area contributed by atoms with Crippen LogP contribution in [0.25, 0.3) is 0 Å². The largest absolute Gasteiger partial charge is 0.507 e. The number of hydrogen-bond acceptors (Lipinski definition) is 6. The number of nitrogens with one attached hydrogen (secondary N) is 1. The lowest BCUT2D eigenvalue weighted by molar-refractivity contribution is -0.145. The zero-order valence-electron chi connectivity index (χ0n) is 22.5. The molecule has 2 aliphatic rings. The van der Waals surface area contributed by atoms with Crippen molar-refractivity contribution in [2.24, 2.45) is 5.92 Å². The van der Waals surface area contributed by atoms with Crippen LogP contribution in [0, 0.1) is 26.7 Å². The Morgan fingerprint density at radius 2 is 1.81 bits per heavy atom. The fourth-order valence-electron chi connectivity index (χ4n) is 5.20.